The molecule has 1 aromatic rings. The Labute approximate surface area is 126 Å². The van der Waals surface area contributed by atoms with Crippen LogP contribution in [0.15, 0.2) is 21.4 Å². The van der Waals surface area contributed by atoms with Crippen LogP contribution < -0.4 is 0 Å². The van der Waals surface area contributed by atoms with Crippen molar-refractivity contribution in [1.29, 1.82) is 0 Å². The van der Waals surface area contributed by atoms with Crippen LogP contribution in [0.3, 0.4) is 0 Å². The fourth-order valence-corrected chi connectivity index (χ4v) is 3.57. The molecule has 6 nitrogen and oxygen atoms in total. The molecule has 0 spiro atoms. The van der Waals surface area contributed by atoms with Crippen LogP contribution in [0.5, 0.6) is 0 Å². The van der Waals surface area contributed by atoms with Crippen molar-refractivity contribution in [2.75, 3.05) is 26.4 Å². The van der Waals surface area contributed by atoms with Crippen molar-refractivity contribution >= 4 is 31.9 Å². The van der Waals surface area contributed by atoms with Crippen LogP contribution >= 0.6 is 15.9 Å². The number of piperidine rings is 1. The van der Waals surface area contributed by atoms with Gasteiger partial charge in [0.2, 0.25) is 10.0 Å². The molecule has 0 radical (unpaired) electrons. The minimum atomic E-state index is -3.14. The fourth-order valence-electron chi connectivity index (χ4n) is 2.35. The monoisotopic (exact) mass is 364 g/mol. The molecule has 1 saturated heterocycles. The van der Waals surface area contributed by atoms with Gasteiger partial charge >= 0.3 is 0 Å². The number of furan rings is 1. The number of carbonyl (C=O) groups is 1. The summed E-state index contributed by atoms with van der Waals surface area (Å²) in [5.74, 6) is -0.114. The molecule has 8 heteroatoms. The normalized spacial score (nSPS) is 18.1. The summed E-state index contributed by atoms with van der Waals surface area (Å²) in [7, 11) is -1.40. The van der Waals surface area contributed by atoms with Gasteiger partial charge in [-0.2, -0.15) is 0 Å². The molecule has 0 saturated carbocycles. The van der Waals surface area contributed by atoms with Gasteiger partial charge in [-0.05, 0) is 28.8 Å². The third-order valence-electron chi connectivity index (χ3n) is 3.57. The first kappa shape index (κ1) is 15.5. The molecule has 2 rings (SSSR count). The first-order valence-electron chi connectivity index (χ1n) is 6.25. The van der Waals surface area contributed by atoms with E-state index in [-0.39, 0.29) is 11.9 Å². The molecule has 1 fully saturated rings. The van der Waals surface area contributed by atoms with Crippen LogP contribution in [0.1, 0.15) is 23.2 Å². The van der Waals surface area contributed by atoms with E-state index in [2.05, 4.69) is 15.9 Å². The highest BCUT2D eigenvalue weighted by Gasteiger charge is 2.29. The molecule has 0 bridgehead atoms. The maximum Gasteiger partial charge on any atom is 0.257 e. The lowest BCUT2D eigenvalue weighted by atomic mass is 10.0. The zero-order chi connectivity index (χ0) is 14.9. The summed E-state index contributed by atoms with van der Waals surface area (Å²) in [4.78, 5) is 13.9. The highest BCUT2D eigenvalue weighted by Crippen LogP contribution is 2.21. The number of rotatable bonds is 3. The molecule has 20 heavy (non-hydrogen) atoms. The standard InChI is InChI=1S/C12H17BrN2O4S/c1-14(12(16)9-7-11(13)19-8-9)10-3-5-15(6-4-10)20(2,17)18/h7-8,10H,3-6H2,1-2H3. The van der Waals surface area contributed by atoms with Crippen molar-refractivity contribution in [3.8, 4) is 0 Å². The van der Waals surface area contributed by atoms with E-state index in [1.807, 2.05) is 0 Å². The van der Waals surface area contributed by atoms with E-state index in [0.717, 1.165) is 0 Å². The molecule has 2 heterocycles. The Morgan fingerprint density at radius 2 is 2.05 bits per heavy atom. The van der Waals surface area contributed by atoms with Gasteiger partial charge in [-0.3, -0.25) is 4.79 Å². The second kappa shape index (κ2) is 5.87. The molecule has 1 aliphatic rings. The summed E-state index contributed by atoms with van der Waals surface area (Å²) in [6.07, 6.45) is 3.92. The van der Waals surface area contributed by atoms with Gasteiger partial charge in [0.1, 0.15) is 6.26 Å². The van der Waals surface area contributed by atoms with Gasteiger partial charge in [0.05, 0.1) is 11.8 Å². The number of halogens is 1. The quantitative estimate of drug-likeness (QED) is 0.815. The number of nitrogens with zero attached hydrogens (tertiary/aromatic N) is 2. The van der Waals surface area contributed by atoms with Crippen LogP contribution in [-0.4, -0.2) is 56.0 Å². The van der Waals surface area contributed by atoms with Crippen molar-refractivity contribution in [3.63, 3.8) is 0 Å². The Morgan fingerprint density at radius 1 is 1.45 bits per heavy atom. The van der Waals surface area contributed by atoms with Crippen molar-refractivity contribution in [2.24, 2.45) is 0 Å². The maximum absolute atomic E-state index is 12.2. The van der Waals surface area contributed by atoms with E-state index < -0.39 is 10.0 Å². The first-order chi connectivity index (χ1) is 9.29. The highest BCUT2D eigenvalue weighted by molar-refractivity contribution is 9.10. The van der Waals surface area contributed by atoms with Crippen LogP contribution in [0.2, 0.25) is 0 Å². The second-order valence-electron chi connectivity index (χ2n) is 4.95. The maximum atomic E-state index is 12.2. The molecule has 0 unspecified atom stereocenters. The third-order valence-corrected chi connectivity index (χ3v) is 5.29. The number of hydrogen-bond acceptors (Lipinski definition) is 4. The predicted octanol–water partition coefficient (Wildman–Crippen LogP) is 1.54. The fraction of sp³-hybridized carbons (Fsp3) is 0.583. The minimum absolute atomic E-state index is 0.0502. The molecule has 1 amide bonds. The minimum Gasteiger partial charge on any atom is -0.457 e. The smallest absolute Gasteiger partial charge is 0.257 e. The van der Waals surface area contributed by atoms with Crippen LogP contribution in [0.25, 0.3) is 0 Å². The van der Waals surface area contributed by atoms with Crippen molar-refractivity contribution in [3.05, 3.63) is 22.6 Å². The van der Waals surface area contributed by atoms with E-state index in [1.54, 1.807) is 18.0 Å². The summed E-state index contributed by atoms with van der Waals surface area (Å²) in [6, 6.07) is 1.68. The van der Waals surface area contributed by atoms with E-state index >= 15 is 0 Å². The Morgan fingerprint density at radius 3 is 2.50 bits per heavy atom. The van der Waals surface area contributed by atoms with Crippen LogP contribution in [0, 0.1) is 0 Å². The van der Waals surface area contributed by atoms with Gasteiger partial charge in [0.25, 0.3) is 5.91 Å². The first-order valence-corrected chi connectivity index (χ1v) is 8.89. The average Bonchev–Trinajstić information content (AvgIpc) is 2.83. The largest absolute Gasteiger partial charge is 0.457 e. The number of carbonyl (C=O) groups excluding carboxylic acids is 1. The summed E-state index contributed by atoms with van der Waals surface area (Å²) >= 11 is 3.16. The van der Waals surface area contributed by atoms with Gasteiger partial charge in [-0.15, -0.1) is 0 Å². The van der Waals surface area contributed by atoms with Gasteiger partial charge in [-0.25, -0.2) is 12.7 Å². The summed E-state index contributed by atoms with van der Waals surface area (Å²) in [5.41, 5.74) is 0.491. The topological polar surface area (TPSA) is 70.8 Å². The lowest BCUT2D eigenvalue weighted by Crippen LogP contribution is -2.46. The Hall–Kier alpha value is -0.860. The van der Waals surface area contributed by atoms with Crippen LogP contribution in [-0.2, 0) is 10.0 Å². The molecule has 1 aromatic heterocycles. The second-order valence-corrected chi connectivity index (χ2v) is 7.71. The molecule has 0 N–H and O–H groups in total. The Bertz CT molecular complexity index is 590. The van der Waals surface area contributed by atoms with Crippen molar-refractivity contribution in [1.82, 2.24) is 9.21 Å². The molecule has 0 aromatic carbocycles. The Kier molecular flexibility index (Phi) is 4.55. The van der Waals surface area contributed by atoms with E-state index in [9.17, 15) is 13.2 Å². The lowest BCUT2D eigenvalue weighted by molar-refractivity contribution is 0.0681. The molecule has 1 aliphatic heterocycles. The van der Waals surface area contributed by atoms with Gasteiger partial charge < -0.3 is 9.32 Å². The van der Waals surface area contributed by atoms with Crippen molar-refractivity contribution in [2.45, 2.75) is 18.9 Å². The van der Waals surface area contributed by atoms with Crippen LogP contribution in [0.4, 0.5) is 0 Å². The average molecular weight is 365 g/mol. The molecule has 112 valence electrons. The third kappa shape index (κ3) is 3.42. The van der Waals surface area contributed by atoms with E-state index in [0.29, 0.717) is 36.2 Å². The molecular formula is C12H17BrN2O4S. The van der Waals surface area contributed by atoms with Gasteiger partial charge in [0.15, 0.2) is 4.67 Å². The number of sulfonamides is 1. The zero-order valence-electron chi connectivity index (χ0n) is 11.4. The summed E-state index contributed by atoms with van der Waals surface area (Å²) < 4.78 is 29.9. The summed E-state index contributed by atoms with van der Waals surface area (Å²) in [5, 5.41) is 0. The summed E-state index contributed by atoms with van der Waals surface area (Å²) in [6.45, 7) is 0.909. The molecular weight excluding hydrogens is 348 g/mol. The van der Waals surface area contributed by atoms with E-state index in [1.165, 1.54) is 16.8 Å². The van der Waals surface area contributed by atoms with Gasteiger partial charge in [0, 0.05) is 32.2 Å². The molecule has 0 aliphatic carbocycles. The van der Waals surface area contributed by atoms with Gasteiger partial charge in [-0.1, -0.05) is 0 Å². The highest BCUT2D eigenvalue weighted by atomic mass is 79.9. The number of hydrogen-bond donors (Lipinski definition) is 0. The predicted molar refractivity (Wildman–Crippen MR) is 77.9 cm³/mol. The Balaban J connectivity index is 1.98. The number of amides is 1. The SMILES string of the molecule is CN(C(=O)c1coc(Br)c1)C1CCN(S(C)(=O)=O)CC1. The van der Waals surface area contributed by atoms with E-state index in [4.69, 9.17) is 4.42 Å². The molecule has 0 atom stereocenters. The zero-order valence-corrected chi connectivity index (χ0v) is 13.8. The van der Waals surface area contributed by atoms with Crippen molar-refractivity contribution < 1.29 is 17.6 Å². The lowest BCUT2D eigenvalue weighted by Gasteiger charge is -2.35.